The van der Waals surface area contributed by atoms with Crippen LogP contribution >= 0.6 is 0 Å². The van der Waals surface area contributed by atoms with Gasteiger partial charge in [-0.05, 0) is 26.3 Å². The van der Waals surface area contributed by atoms with Crippen LogP contribution in [0, 0.1) is 13.8 Å². The summed E-state index contributed by atoms with van der Waals surface area (Å²) in [5.74, 6) is 1.84. The van der Waals surface area contributed by atoms with Gasteiger partial charge in [-0.2, -0.15) is 5.10 Å². The van der Waals surface area contributed by atoms with E-state index in [-0.39, 0.29) is 12.6 Å². The minimum absolute atomic E-state index is 0.0457. The van der Waals surface area contributed by atoms with E-state index in [1.54, 1.807) is 10.9 Å². The van der Waals surface area contributed by atoms with Gasteiger partial charge in [-0.3, -0.25) is 4.68 Å². The van der Waals surface area contributed by atoms with Crippen molar-refractivity contribution < 1.29 is 9.84 Å². The highest BCUT2D eigenvalue weighted by atomic mass is 16.5. The molecule has 0 aliphatic heterocycles. The second-order valence-electron chi connectivity index (χ2n) is 5.63. The molecule has 0 aliphatic rings. The van der Waals surface area contributed by atoms with Gasteiger partial charge < -0.3 is 15.2 Å². The van der Waals surface area contributed by atoms with E-state index in [1.807, 2.05) is 27.0 Å². The standard InChI is InChI=1S/C16H25N5O2/c1-5-6-13(9-22)19-16-15(8-17-12(3)18-16)23-10-14-7-11(2)20-21(14)4/h7-8,13,22H,5-6,9-10H2,1-4H3,(H,17,18,19)/t13-/m0/s1. The van der Waals surface area contributed by atoms with Crippen molar-refractivity contribution in [2.24, 2.45) is 7.05 Å². The van der Waals surface area contributed by atoms with Crippen LogP contribution in [0.25, 0.3) is 0 Å². The van der Waals surface area contributed by atoms with Crippen molar-refractivity contribution >= 4 is 5.82 Å². The molecule has 0 aromatic carbocycles. The predicted molar refractivity (Wildman–Crippen MR) is 88.5 cm³/mol. The van der Waals surface area contributed by atoms with Crippen molar-refractivity contribution in [3.63, 3.8) is 0 Å². The molecule has 0 unspecified atom stereocenters. The number of aryl methyl sites for hydroxylation is 3. The Hall–Kier alpha value is -2.15. The zero-order valence-electron chi connectivity index (χ0n) is 14.2. The van der Waals surface area contributed by atoms with E-state index in [9.17, 15) is 5.11 Å². The summed E-state index contributed by atoms with van der Waals surface area (Å²) in [5, 5.41) is 17.0. The Bertz CT molecular complexity index is 641. The van der Waals surface area contributed by atoms with Gasteiger partial charge in [0, 0.05) is 7.05 Å². The number of ether oxygens (including phenoxy) is 1. The maximum Gasteiger partial charge on any atom is 0.180 e. The molecule has 7 heteroatoms. The Kier molecular flexibility index (Phi) is 5.92. The molecule has 0 spiro atoms. The fraction of sp³-hybridized carbons (Fsp3) is 0.562. The second kappa shape index (κ2) is 7.92. The Balaban J connectivity index is 2.13. The number of aliphatic hydroxyl groups excluding tert-OH is 1. The van der Waals surface area contributed by atoms with Gasteiger partial charge in [0.25, 0.3) is 0 Å². The molecule has 0 amide bonds. The molecule has 0 saturated carbocycles. The fourth-order valence-electron chi connectivity index (χ4n) is 2.37. The van der Waals surface area contributed by atoms with Crippen LogP contribution < -0.4 is 10.1 Å². The molecule has 2 N–H and O–H groups in total. The molecule has 0 fully saturated rings. The van der Waals surface area contributed by atoms with Crippen LogP contribution in [0.4, 0.5) is 5.82 Å². The third-order valence-electron chi connectivity index (χ3n) is 3.55. The summed E-state index contributed by atoms with van der Waals surface area (Å²) in [6.07, 6.45) is 3.50. The van der Waals surface area contributed by atoms with Crippen LogP contribution in [0.1, 0.15) is 37.0 Å². The molecular formula is C16H25N5O2. The normalized spacial score (nSPS) is 12.2. The molecule has 2 rings (SSSR count). The van der Waals surface area contributed by atoms with E-state index in [2.05, 4.69) is 27.3 Å². The van der Waals surface area contributed by atoms with Crippen molar-refractivity contribution in [1.82, 2.24) is 19.7 Å². The van der Waals surface area contributed by atoms with Crippen molar-refractivity contribution in [2.45, 2.75) is 46.3 Å². The molecule has 126 valence electrons. The number of hydrogen-bond donors (Lipinski definition) is 2. The van der Waals surface area contributed by atoms with E-state index in [1.165, 1.54) is 0 Å². The van der Waals surface area contributed by atoms with Gasteiger partial charge >= 0.3 is 0 Å². The summed E-state index contributed by atoms with van der Waals surface area (Å²) >= 11 is 0. The van der Waals surface area contributed by atoms with E-state index in [0.717, 1.165) is 24.2 Å². The Labute approximate surface area is 136 Å². The lowest BCUT2D eigenvalue weighted by molar-refractivity contribution is 0.266. The van der Waals surface area contributed by atoms with Crippen LogP contribution in [0.15, 0.2) is 12.3 Å². The molecule has 2 aromatic heterocycles. The lowest BCUT2D eigenvalue weighted by Crippen LogP contribution is -2.24. The summed E-state index contributed by atoms with van der Waals surface area (Å²) in [5.41, 5.74) is 1.93. The van der Waals surface area contributed by atoms with Crippen LogP contribution in [0.3, 0.4) is 0 Å². The number of hydrogen-bond acceptors (Lipinski definition) is 6. The first-order valence-electron chi connectivity index (χ1n) is 7.86. The van der Waals surface area contributed by atoms with Gasteiger partial charge in [0.05, 0.1) is 30.2 Å². The molecule has 7 nitrogen and oxygen atoms in total. The van der Waals surface area contributed by atoms with Crippen LogP contribution in [0.2, 0.25) is 0 Å². The summed E-state index contributed by atoms with van der Waals surface area (Å²) in [6.45, 7) is 6.29. The largest absolute Gasteiger partial charge is 0.482 e. The first kappa shape index (κ1) is 17.2. The van der Waals surface area contributed by atoms with E-state index < -0.39 is 0 Å². The van der Waals surface area contributed by atoms with Crippen molar-refractivity contribution in [2.75, 3.05) is 11.9 Å². The summed E-state index contributed by atoms with van der Waals surface area (Å²) < 4.78 is 7.66. The van der Waals surface area contributed by atoms with Gasteiger partial charge in [0.2, 0.25) is 0 Å². The van der Waals surface area contributed by atoms with Crippen LogP contribution in [0.5, 0.6) is 5.75 Å². The quantitative estimate of drug-likeness (QED) is 0.774. The maximum absolute atomic E-state index is 9.47. The molecule has 0 radical (unpaired) electrons. The summed E-state index contributed by atoms with van der Waals surface area (Å²) in [4.78, 5) is 8.60. The average molecular weight is 319 g/mol. The topological polar surface area (TPSA) is 85.1 Å². The molecule has 2 heterocycles. The molecule has 0 saturated heterocycles. The Morgan fingerprint density at radius 2 is 2.17 bits per heavy atom. The Morgan fingerprint density at radius 1 is 1.39 bits per heavy atom. The maximum atomic E-state index is 9.47. The summed E-state index contributed by atoms with van der Waals surface area (Å²) in [6, 6.07) is 1.94. The number of aromatic nitrogens is 4. The molecule has 0 bridgehead atoms. The summed E-state index contributed by atoms with van der Waals surface area (Å²) in [7, 11) is 1.89. The van der Waals surface area contributed by atoms with Crippen molar-refractivity contribution in [1.29, 1.82) is 0 Å². The fourth-order valence-corrected chi connectivity index (χ4v) is 2.37. The molecule has 0 aliphatic carbocycles. The van der Waals surface area contributed by atoms with Gasteiger partial charge in [0.15, 0.2) is 11.6 Å². The second-order valence-corrected chi connectivity index (χ2v) is 5.63. The lowest BCUT2D eigenvalue weighted by Gasteiger charge is -2.18. The number of anilines is 1. The van der Waals surface area contributed by atoms with Gasteiger partial charge in [-0.25, -0.2) is 9.97 Å². The SMILES string of the molecule is CCC[C@@H](CO)Nc1nc(C)ncc1OCc1cc(C)nn1C. The predicted octanol–water partition coefficient (Wildman–Crippen LogP) is 1.98. The van der Waals surface area contributed by atoms with E-state index in [0.29, 0.717) is 24.0 Å². The molecule has 2 aromatic rings. The molecule has 23 heavy (non-hydrogen) atoms. The minimum Gasteiger partial charge on any atom is -0.482 e. The smallest absolute Gasteiger partial charge is 0.180 e. The van der Waals surface area contributed by atoms with Gasteiger partial charge in [0.1, 0.15) is 12.4 Å². The Morgan fingerprint density at radius 3 is 2.78 bits per heavy atom. The number of aliphatic hydroxyl groups is 1. The average Bonchev–Trinajstić information content (AvgIpc) is 2.83. The van der Waals surface area contributed by atoms with Crippen LogP contribution in [-0.2, 0) is 13.7 Å². The lowest BCUT2D eigenvalue weighted by atomic mass is 10.2. The number of rotatable bonds is 8. The zero-order valence-corrected chi connectivity index (χ0v) is 14.2. The first-order valence-corrected chi connectivity index (χ1v) is 7.86. The number of nitrogens with zero attached hydrogens (tertiary/aromatic N) is 4. The van der Waals surface area contributed by atoms with Crippen molar-refractivity contribution in [3.05, 3.63) is 29.5 Å². The van der Waals surface area contributed by atoms with E-state index >= 15 is 0 Å². The number of nitrogens with one attached hydrogen (secondary N) is 1. The minimum atomic E-state index is -0.0457. The monoisotopic (exact) mass is 319 g/mol. The molecular weight excluding hydrogens is 294 g/mol. The highest BCUT2D eigenvalue weighted by molar-refractivity contribution is 5.49. The van der Waals surface area contributed by atoms with E-state index in [4.69, 9.17) is 4.74 Å². The van der Waals surface area contributed by atoms with Crippen molar-refractivity contribution in [3.8, 4) is 5.75 Å². The zero-order chi connectivity index (χ0) is 16.8. The molecule has 1 atom stereocenters. The third kappa shape index (κ3) is 4.66. The van der Waals surface area contributed by atoms with Gasteiger partial charge in [-0.15, -0.1) is 0 Å². The first-order chi connectivity index (χ1) is 11.0. The third-order valence-corrected chi connectivity index (χ3v) is 3.55. The van der Waals surface area contributed by atoms with Crippen LogP contribution in [-0.4, -0.2) is 37.5 Å². The highest BCUT2D eigenvalue weighted by Crippen LogP contribution is 2.23. The van der Waals surface area contributed by atoms with Gasteiger partial charge in [-0.1, -0.05) is 13.3 Å². The highest BCUT2D eigenvalue weighted by Gasteiger charge is 2.13.